The Bertz CT molecular complexity index is 1140. The number of sulfonamides is 1. The lowest BCUT2D eigenvalue weighted by atomic mass is 9.97. The summed E-state index contributed by atoms with van der Waals surface area (Å²) in [4.78, 5) is 12.8. The zero-order valence-corrected chi connectivity index (χ0v) is 18.3. The van der Waals surface area contributed by atoms with Crippen LogP contribution in [0.3, 0.4) is 0 Å². The Kier molecular flexibility index (Phi) is 5.98. The van der Waals surface area contributed by atoms with Gasteiger partial charge in [-0.25, -0.2) is 8.42 Å². The monoisotopic (exact) mass is 490 g/mol. The second kappa shape index (κ2) is 8.66. The van der Waals surface area contributed by atoms with Crippen molar-refractivity contribution >= 4 is 37.9 Å². The Morgan fingerprint density at radius 1 is 1.07 bits per heavy atom. The predicted octanol–water partition coefficient (Wildman–Crippen LogP) is 3.54. The van der Waals surface area contributed by atoms with Gasteiger partial charge < -0.3 is 4.42 Å². The number of carbonyl (C=O) groups excluding carboxylic acids is 1. The molecule has 4 rings (SSSR count). The summed E-state index contributed by atoms with van der Waals surface area (Å²) in [5, 5.41) is 10.5. The van der Waals surface area contributed by atoms with Crippen molar-refractivity contribution in [2.45, 2.75) is 17.7 Å². The van der Waals surface area contributed by atoms with Crippen molar-refractivity contribution in [1.82, 2.24) is 14.5 Å². The molecule has 2 heterocycles. The van der Waals surface area contributed by atoms with Crippen molar-refractivity contribution in [3.05, 3.63) is 59.1 Å². The molecule has 1 amide bonds. The van der Waals surface area contributed by atoms with Crippen LogP contribution in [-0.4, -0.2) is 41.9 Å². The van der Waals surface area contributed by atoms with E-state index < -0.39 is 10.0 Å². The molecule has 0 saturated carbocycles. The number of hydrogen-bond acceptors (Lipinski definition) is 6. The van der Waals surface area contributed by atoms with Crippen LogP contribution in [0.1, 0.15) is 12.8 Å². The second-order valence-corrected chi connectivity index (χ2v) is 9.76. The Labute approximate surface area is 182 Å². The van der Waals surface area contributed by atoms with Crippen LogP contribution >= 0.6 is 15.9 Å². The highest BCUT2D eigenvalue weighted by atomic mass is 79.9. The zero-order valence-electron chi connectivity index (χ0n) is 15.9. The molecule has 3 aromatic rings. The first-order valence-electron chi connectivity index (χ1n) is 9.39. The molecule has 0 bridgehead atoms. The molecule has 156 valence electrons. The van der Waals surface area contributed by atoms with E-state index in [4.69, 9.17) is 4.42 Å². The van der Waals surface area contributed by atoms with Crippen LogP contribution in [0, 0.1) is 5.92 Å². The van der Waals surface area contributed by atoms with Crippen molar-refractivity contribution in [3.63, 3.8) is 0 Å². The number of rotatable bonds is 5. The average Bonchev–Trinajstić information content (AvgIpc) is 3.23. The molecule has 8 nitrogen and oxygen atoms in total. The first kappa shape index (κ1) is 20.7. The predicted molar refractivity (Wildman–Crippen MR) is 114 cm³/mol. The van der Waals surface area contributed by atoms with E-state index in [2.05, 4.69) is 31.4 Å². The maximum absolute atomic E-state index is 12.7. The summed E-state index contributed by atoms with van der Waals surface area (Å²) < 4.78 is 33.2. The van der Waals surface area contributed by atoms with Gasteiger partial charge in [0.25, 0.3) is 0 Å². The van der Waals surface area contributed by atoms with Gasteiger partial charge in [0.2, 0.25) is 21.8 Å². The molecule has 1 aromatic heterocycles. The molecule has 10 heteroatoms. The fourth-order valence-electron chi connectivity index (χ4n) is 3.32. The Hall–Kier alpha value is -2.56. The van der Waals surface area contributed by atoms with Gasteiger partial charge in [-0.2, -0.15) is 4.31 Å². The number of aromatic nitrogens is 2. The molecule has 1 saturated heterocycles. The normalized spacial score (nSPS) is 15.8. The molecule has 0 atom stereocenters. The number of halogens is 1. The minimum atomic E-state index is -3.54. The zero-order chi connectivity index (χ0) is 21.1. The highest BCUT2D eigenvalue weighted by Crippen LogP contribution is 2.26. The average molecular weight is 491 g/mol. The molecule has 1 fully saturated rings. The van der Waals surface area contributed by atoms with Crippen LogP contribution in [0.25, 0.3) is 11.5 Å². The summed E-state index contributed by atoms with van der Waals surface area (Å²) >= 11 is 3.39. The van der Waals surface area contributed by atoms with Gasteiger partial charge in [-0.15, -0.1) is 5.10 Å². The third-order valence-electron chi connectivity index (χ3n) is 4.93. The van der Waals surface area contributed by atoms with Gasteiger partial charge in [0, 0.05) is 29.0 Å². The molecule has 1 aliphatic heterocycles. The lowest BCUT2D eigenvalue weighted by Crippen LogP contribution is -2.41. The van der Waals surface area contributed by atoms with Gasteiger partial charge in [-0.3, -0.25) is 10.1 Å². The fraction of sp³-hybridized carbons (Fsp3) is 0.250. The second-order valence-electron chi connectivity index (χ2n) is 6.90. The third kappa shape index (κ3) is 4.45. The number of hydrogen-bond donors (Lipinski definition) is 1. The van der Waals surface area contributed by atoms with Gasteiger partial charge in [0.1, 0.15) is 0 Å². The maximum Gasteiger partial charge on any atom is 0.322 e. The number of benzene rings is 2. The van der Waals surface area contributed by atoms with Crippen molar-refractivity contribution in [1.29, 1.82) is 0 Å². The van der Waals surface area contributed by atoms with E-state index >= 15 is 0 Å². The maximum atomic E-state index is 12.7. The summed E-state index contributed by atoms with van der Waals surface area (Å²) in [5.41, 5.74) is 0.733. The Morgan fingerprint density at radius 2 is 1.80 bits per heavy atom. The number of carbonyl (C=O) groups is 1. The van der Waals surface area contributed by atoms with Gasteiger partial charge in [0.15, 0.2) is 0 Å². The van der Waals surface area contributed by atoms with E-state index in [1.165, 1.54) is 4.31 Å². The summed E-state index contributed by atoms with van der Waals surface area (Å²) in [7, 11) is -3.54. The molecule has 0 spiro atoms. The number of nitrogens with one attached hydrogen (secondary N) is 1. The van der Waals surface area contributed by atoms with Crippen LogP contribution in [0.4, 0.5) is 6.01 Å². The lowest BCUT2D eigenvalue weighted by molar-refractivity contribution is -0.121. The molecule has 0 unspecified atom stereocenters. The SMILES string of the molecule is O=C(Nc1nnc(-c2cccc(Br)c2)o1)C1CCN(S(=O)(=O)c2ccccc2)CC1. The van der Waals surface area contributed by atoms with Crippen LogP contribution in [0.2, 0.25) is 0 Å². The van der Waals surface area contributed by atoms with Gasteiger partial charge in [-0.1, -0.05) is 45.3 Å². The summed E-state index contributed by atoms with van der Waals surface area (Å²) in [5.74, 6) is -0.278. The minimum Gasteiger partial charge on any atom is -0.403 e. The van der Waals surface area contributed by atoms with E-state index in [1.54, 1.807) is 30.3 Å². The van der Waals surface area contributed by atoms with E-state index in [-0.39, 0.29) is 35.8 Å². The fourth-order valence-corrected chi connectivity index (χ4v) is 5.21. The highest BCUT2D eigenvalue weighted by molar-refractivity contribution is 9.10. The largest absolute Gasteiger partial charge is 0.403 e. The number of anilines is 1. The number of nitrogens with zero attached hydrogens (tertiary/aromatic N) is 3. The summed E-state index contributed by atoms with van der Waals surface area (Å²) in [6.07, 6.45) is 0.842. The molecule has 30 heavy (non-hydrogen) atoms. The summed E-state index contributed by atoms with van der Waals surface area (Å²) in [6, 6.07) is 15.7. The molecule has 0 aliphatic carbocycles. The minimum absolute atomic E-state index is 0.0225. The van der Waals surface area contributed by atoms with E-state index in [9.17, 15) is 13.2 Å². The van der Waals surface area contributed by atoms with Crippen molar-refractivity contribution < 1.29 is 17.6 Å². The molecular formula is C20H19BrN4O4S. The lowest BCUT2D eigenvalue weighted by Gasteiger charge is -2.30. The third-order valence-corrected chi connectivity index (χ3v) is 7.34. The molecular weight excluding hydrogens is 472 g/mol. The quantitative estimate of drug-likeness (QED) is 0.586. The number of amides is 1. The highest BCUT2D eigenvalue weighted by Gasteiger charge is 2.32. The van der Waals surface area contributed by atoms with E-state index in [1.807, 2.05) is 24.3 Å². The standard InChI is InChI=1S/C20H19BrN4O4S/c21-16-6-4-5-15(13-16)19-23-24-20(29-19)22-18(26)14-9-11-25(12-10-14)30(27,28)17-7-2-1-3-8-17/h1-8,13-14H,9-12H2,(H,22,24,26). The van der Waals surface area contributed by atoms with Crippen LogP contribution in [0.15, 0.2) is 68.4 Å². The van der Waals surface area contributed by atoms with Crippen molar-refractivity contribution in [2.75, 3.05) is 18.4 Å². The molecule has 1 N–H and O–H groups in total. The molecule has 1 aliphatic rings. The Morgan fingerprint density at radius 3 is 2.50 bits per heavy atom. The number of piperidine rings is 1. The molecule has 2 aromatic carbocycles. The van der Waals surface area contributed by atoms with E-state index in [0.29, 0.717) is 18.7 Å². The van der Waals surface area contributed by atoms with Crippen LogP contribution in [0.5, 0.6) is 0 Å². The van der Waals surface area contributed by atoms with Crippen LogP contribution < -0.4 is 5.32 Å². The van der Waals surface area contributed by atoms with Crippen molar-refractivity contribution in [2.24, 2.45) is 5.92 Å². The van der Waals surface area contributed by atoms with Crippen LogP contribution in [-0.2, 0) is 14.8 Å². The van der Waals surface area contributed by atoms with Gasteiger partial charge in [0.05, 0.1) is 4.90 Å². The summed E-state index contributed by atoms with van der Waals surface area (Å²) in [6.45, 7) is 0.560. The van der Waals surface area contributed by atoms with Crippen molar-refractivity contribution in [3.8, 4) is 11.5 Å². The van der Waals surface area contributed by atoms with Gasteiger partial charge in [-0.05, 0) is 43.2 Å². The molecule has 0 radical (unpaired) electrons. The van der Waals surface area contributed by atoms with E-state index in [0.717, 1.165) is 10.0 Å². The smallest absolute Gasteiger partial charge is 0.322 e. The topological polar surface area (TPSA) is 105 Å². The first-order valence-corrected chi connectivity index (χ1v) is 11.6. The Balaban J connectivity index is 1.36. The first-order chi connectivity index (χ1) is 14.4. The van der Waals surface area contributed by atoms with Gasteiger partial charge >= 0.3 is 6.01 Å².